The van der Waals surface area contributed by atoms with Gasteiger partial charge in [0.25, 0.3) is 0 Å². The second-order valence-electron chi connectivity index (χ2n) is 5.99. The quantitative estimate of drug-likeness (QED) is 0.911. The van der Waals surface area contributed by atoms with Crippen LogP contribution in [0.3, 0.4) is 0 Å². The minimum atomic E-state index is 0.0108. The Morgan fingerprint density at radius 3 is 2.58 bits per heavy atom. The van der Waals surface area contributed by atoms with Crippen molar-refractivity contribution in [3.05, 3.63) is 23.8 Å². The van der Waals surface area contributed by atoms with Crippen LogP contribution in [0.1, 0.15) is 32.8 Å². The highest BCUT2D eigenvalue weighted by atomic mass is 16.6. The fourth-order valence-corrected chi connectivity index (χ4v) is 1.94. The smallest absolute Gasteiger partial charge is 0.220 e. The topological polar surface area (TPSA) is 47.6 Å². The standard InChI is InChI=1S/C15H21NO3/c1-15(2,3)9-14(17)16-10-11-4-5-12-13(8-11)19-7-6-18-12/h4-5,8H,6-7,9-10H2,1-3H3,(H,16,17). The molecule has 19 heavy (non-hydrogen) atoms. The molecular formula is C15H21NO3. The third-order valence-electron chi connectivity index (χ3n) is 2.79. The number of ether oxygens (including phenoxy) is 2. The van der Waals surface area contributed by atoms with Gasteiger partial charge in [-0.05, 0) is 23.1 Å². The summed E-state index contributed by atoms with van der Waals surface area (Å²) in [5.74, 6) is 1.60. The van der Waals surface area contributed by atoms with E-state index < -0.39 is 0 Å². The molecule has 4 nitrogen and oxygen atoms in total. The molecule has 1 aromatic carbocycles. The zero-order chi connectivity index (χ0) is 13.9. The molecule has 4 heteroatoms. The number of carbonyl (C=O) groups is 1. The number of rotatable bonds is 3. The van der Waals surface area contributed by atoms with Crippen molar-refractivity contribution in [1.82, 2.24) is 5.32 Å². The summed E-state index contributed by atoms with van der Waals surface area (Å²) in [7, 11) is 0. The first-order chi connectivity index (χ1) is 8.94. The Balaban J connectivity index is 1.91. The van der Waals surface area contributed by atoms with Crippen molar-refractivity contribution < 1.29 is 14.3 Å². The molecule has 0 atom stereocenters. The molecule has 1 amide bonds. The van der Waals surface area contributed by atoms with Gasteiger partial charge in [-0.2, -0.15) is 0 Å². The van der Waals surface area contributed by atoms with Gasteiger partial charge >= 0.3 is 0 Å². The van der Waals surface area contributed by atoms with E-state index in [1.807, 2.05) is 18.2 Å². The molecule has 0 spiro atoms. The minimum Gasteiger partial charge on any atom is -0.486 e. The van der Waals surface area contributed by atoms with Gasteiger partial charge in [0, 0.05) is 13.0 Å². The van der Waals surface area contributed by atoms with Crippen molar-refractivity contribution in [2.24, 2.45) is 5.41 Å². The number of hydrogen-bond donors (Lipinski definition) is 1. The van der Waals surface area contributed by atoms with Crippen LogP contribution in [0.15, 0.2) is 18.2 Å². The van der Waals surface area contributed by atoms with Crippen LogP contribution in [0.4, 0.5) is 0 Å². The van der Waals surface area contributed by atoms with E-state index >= 15 is 0 Å². The molecule has 2 rings (SSSR count). The third kappa shape index (κ3) is 4.16. The molecule has 0 unspecified atom stereocenters. The highest BCUT2D eigenvalue weighted by Crippen LogP contribution is 2.30. The lowest BCUT2D eigenvalue weighted by atomic mass is 9.92. The predicted molar refractivity (Wildman–Crippen MR) is 73.4 cm³/mol. The molecule has 104 valence electrons. The van der Waals surface area contributed by atoms with Gasteiger partial charge in [-0.1, -0.05) is 26.8 Å². The lowest BCUT2D eigenvalue weighted by Gasteiger charge is -2.19. The maximum atomic E-state index is 11.8. The van der Waals surface area contributed by atoms with Crippen LogP contribution in [-0.2, 0) is 11.3 Å². The minimum absolute atomic E-state index is 0.0108. The fourth-order valence-electron chi connectivity index (χ4n) is 1.94. The largest absolute Gasteiger partial charge is 0.486 e. The van der Waals surface area contributed by atoms with Gasteiger partial charge in [-0.25, -0.2) is 0 Å². The van der Waals surface area contributed by atoms with E-state index in [4.69, 9.17) is 9.47 Å². The van der Waals surface area contributed by atoms with Gasteiger partial charge in [0.05, 0.1) is 0 Å². The second-order valence-corrected chi connectivity index (χ2v) is 5.99. The summed E-state index contributed by atoms with van der Waals surface area (Å²) in [5, 5.41) is 2.93. The van der Waals surface area contributed by atoms with Crippen LogP contribution in [0.5, 0.6) is 11.5 Å². The van der Waals surface area contributed by atoms with Crippen molar-refractivity contribution in [2.75, 3.05) is 13.2 Å². The van der Waals surface area contributed by atoms with Gasteiger partial charge in [0.15, 0.2) is 11.5 Å². The molecule has 0 saturated carbocycles. The molecule has 0 aliphatic carbocycles. The number of nitrogens with one attached hydrogen (secondary N) is 1. The normalized spacial score (nSPS) is 14.1. The van der Waals surface area contributed by atoms with E-state index in [2.05, 4.69) is 26.1 Å². The Morgan fingerprint density at radius 1 is 1.21 bits per heavy atom. The molecule has 0 bridgehead atoms. The summed E-state index contributed by atoms with van der Waals surface area (Å²) in [4.78, 5) is 11.8. The molecular weight excluding hydrogens is 242 g/mol. The van der Waals surface area contributed by atoms with Gasteiger partial charge in [0.2, 0.25) is 5.91 Å². The predicted octanol–water partition coefficient (Wildman–Crippen LogP) is 2.51. The number of fused-ring (bicyclic) bond motifs is 1. The lowest BCUT2D eigenvalue weighted by Crippen LogP contribution is -2.27. The monoisotopic (exact) mass is 263 g/mol. The zero-order valence-corrected chi connectivity index (χ0v) is 11.8. The number of amides is 1. The van der Waals surface area contributed by atoms with Crippen molar-refractivity contribution in [3.63, 3.8) is 0 Å². The molecule has 0 fully saturated rings. The molecule has 1 aliphatic heterocycles. The Bertz CT molecular complexity index is 463. The van der Waals surface area contributed by atoms with Crippen LogP contribution < -0.4 is 14.8 Å². The highest BCUT2D eigenvalue weighted by Gasteiger charge is 2.16. The number of benzene rings is 1. The molecule has 0 saturated heterocycles. The van der Waals surface area contributed by atoms with Gasteiger partial charge < -0.3 is 14.8 Å². The van der Waals surface area contributed by atoms with E-state index in [1.54, 1.807) is 0 Å². The SMILES string of the molecule is CC(C)(C)CC(=O)NCc1ccc2c(c1)OCCO2. The molecule has 1 aliphatic rings. The van der Waals surface area contributed by atoms with E-state index in [-0.39, 0.29) is 11.3 Å². The summed E-state index contributed by atoms with van der Waals surface area (Å²) in [6.45, 7) is 7.84. The summed E-state index contributed by atoms with van der Waals surface area (Å²) < 4.78 is 11.0. The Morgan fingerprint density at radius 2 is 1.89 bits per heavy atom. The highest BCUT2D eigenvalue weighted by molar-refractivity contribution is 5.76. The van der Waals surface area contributed by atoms with Gasteiger partial charge in [0.1, 0.15) is 13.2 Å². The van der Waals surface area contributed by atoms with E-state index in [1.165, 1.54) is 0 Å². The van der Waals surface area contributed by atoms with Gasteiger partial charge in [-0.3, -0.25) is 4.79 Å². The summed E-state index contributed by atoms with van der Waals surface area (Å²) in [5.41, 5.74) is 1.03. The second kappa shape index (κ2) is 5.51. The van der Waals surface area contributed by atoms with Crippen LogP contribution in [0.25, 0.3) is 0 Å². The number of hydrogen-bond acceptors (Lipinski definition) is 3. The average molecular weight is 263 g/mol. The summed E-state index contributed by atoms with van der Waals surface area (Å²) >= 11 is 0. The van der Waals surface area contributed by atoms with Crippen LogP contribution in [-0.4, -0.2) is 19.1 Å². The van der Waals surface area contributed by atoms with Crippen LogP contribution in [0, 0.1) is 5.41 Å². The van der Waals surface area contributed by atoms with E-state index in [9.17, 15) is 4.79 Å². The van der Waals surface area contributed by atoms with Crippen LogP contribution in [0.2, 0.25) is 0 Å². The van der Waals surface area contributed by atoms with Crippen LogP contribution >= 0.6 is 0 Å². The number of carbonyl (C=O) groups excluding carboxylic acids is 1. The van der Waals surface area contributed by atoms with Crippen molar-refractivity contribution in [1.29, 1.82) is 0 Å². The van der Waals surface area contributed by atoms with E-state index in [0.29, 0.717) is 26.2 Å². The van der Waals surface area contributed by atoms with Crippen molar-refractivity contribution >= 4 is 5.91 Å². The average Bonchev–Trinajstić information content (AvgIpc) is 2.34. The first-order valence-electron chi connectivity index (χ1n) is 6.59. The first-order valence-corrected chi connectivity index (χ1v) is 6.59. The fraction of sp³-hybridized carbons (Fsp3) is 0.533. The Hall–Kier alpha value is -1.71. The lowest BCUT2D eigenvalue weighted by molar-refractivity contribution is -0.122. The maximum Gasteiger partial charge on any atom is 0.220 e. The third-order valence-corrected chi connectivity index (χ3v) is 2.79. The van der Waals surface area contributed by atoms with Gasteiger partial charge in [-0.15, -0.1) is 0 Å². The van der Waals surface area contributed by atoms with E-state index in [0.717, 1.165) is 17.1 Å². The maximum absolute atomic E-state index is 11.8. The summed E-state index contributed by atoms with van der Waals surface area (Å²) in [6, 6.07) is 5.76. The van der Waals surface area contributed by atoms with Crippen molar-refractivity contribution in [3.8, 4) is 11.5 Å². The first kappa shape index (κ1) is 13.7. The molecule has 0 radical (unpaired) electrons. The Kier molecular flexibility index (Phi) is 3.98. The van der Waals surface area contributed by atoms with Crippen molar-refractivity contribution in [2.45, 2.75) is 33.7 Å². The summed E-state index contributed by atoms with van der Waals surface area (Å²) in [6.07, 6.45) is 0.525. The Labute approximate surface area is 114 Å². The molecule has 0 aromatic heterocycles. The molecule has 1 heterocycles. The molecule has 1 aromatic rings. The molecule has 1 N–H and O–H groups in total. The zero-order valence-electron chi connectivity index (χ0n) is 11.8.